The summed E-state index contributed by atoms with van der Waals surface area (Å²) >= 11 is 0. The van der Waals surface area contributed by atoms with Crippen LogP contribution in [0.2, 0.25) is 0 Å². The summed E-state index contributed by atoms with van der Waals surface area (Å²) in [5.74, 6) is -0.244. The van der Waals surface area contributed by atoms with Crippen LogP contribution >= 0.6 is 0 Å². The van der Waals surface area contributed by atoms with Gasteiger partial charge in [-0.3, -0.25) is 10.3 Å². The zero-order chi connectivity index (χ0) is 14.7. The Kier molecular flexibility index (Phi) is 3.62. The Morgan fingerprint density at radius 2 is 1.86 bits per heavy atom. The maximum absolute atomic E-state index is 12.2. The fourth-order valence-electron chi connectivity index (χ4n) is 2.26. The van der Waals surface area contributed by atoms with Gasteiger partial charge < -0.3 is 5.11 Å². The summed E-state index contributed by atoms with van der Waals surface area (Å²) in [6, 6.07) is 16.8. The monoisotopic (exact) mass is 279 g/mol. The van der Waals surface area contributed by atoms with E-state index in [1.54, 1.807) is 29.7 Å². The molecule has 0 atom stereocenters. The number of benzene rings is 2. The van der Waals surface area contributed by atoms with E-state index in [1.165, 1.54) is 0 Å². The van der Waals surface area contributed by atoms with Crippen molar-refractivity contribution in [1.29, 1.82) is 0 Å². The van der Waals surface area contributed by atoms with E-state index in [2.05, 4.69) is 4.98 Å². The largest absolute Gasteiger partial charge is 0.505 e. The normalized spacial score (nSPS) is 10.7. The molecule has 0 aliphatic heterocycles. The van der Waals surface area contributed by atoms with Gasteiger partial charge in [0.05, 0.1) is 0 Å². The summed E-state index contributed by atoms with van der Waals surface area (Å²) in [6.07, 6.45) is 1.60. The summed E-state index contributed by atoms with van der Waals surface area (Å²) < 4.78 is 0. The van der Waals surface area contributed by atoms with Gasteiger partial charge in [0, 0.05) is 17.1 Å². The molecular formula is C17H15N2O2+. The van der Waals surface area contributed by atoms with Gasteiger partial charge in [-0.25, -0.2) is 4.79 Å². The van der Waals surface area contributed by atoms with E-state index < -0.39 is 0 Å². The van der Waals surface area contributed by atoms with Crippen molar-refractivity contribution < 1.29 is 15.2 Å². The van der Waals surface area contributed by atoms with Crippen LogP contribution in [0.15, 0.2) is 60.8 Å². The second-order valence-corrected chi connectivity index (χ2v) is 4.79. The van der Waals surface area contributed by atoms with Crippen molar-refractivity contribution in [1.82, 2.24) is 4.98 Å². The maximum atomic E-state index is 12.2. The molecule has 2 aromatic carbocycles. The molecule has 104 valence electrons. The lowest BCUT2D eigenvalue weighted by atomic mass is 10.1. The van der Waals surface area contributed by atoms with E-state index in [1.807, 2.05) is 36.4 Å². The second-order valence-electron chi connectivity index (χ2n) is 4.79. The third kappa shape index (κ3) is 2.75. The first-order valence-corrected chi connectivity index (χ1v) is 6.74. The Labute approximate surface area is 122 Å². The number of nitrogens with two attached hydrogens (primary N) is 1. The predicted molar refractivity (Wildman–Crippen MR) is 79.8 cm³/mol. The molecule has 4 nitrogen and oxygen atoms in total. The summed E-state index contributed by atoms with van der Waals surface area (Å²) in [6.45, 7) is 0.541. The highest BCUT2D eigenvalue weighted by atomic mass is 16.3. The highest BCUT2D eigenvalue weighted by Crippen LogP contribution is 2.25. The number of carbonyl (C=O) groups excluding carboxylic acids is 1. The van der Waals surface area contributed by atoms with Crippen LogP contribution in [0.4, 0.5) is 0 Å². The van der Waals surface area contributed by atoms with Gasteiger partial charge in [0.25, 0.3) is 0 Å². The number of aromatic nitrogens is 1. The number of hydrogen-bond donors (Lipinski definition) is 2. The number of primary amides is 1. The Morgan fingerprint density at radius 1 is 1.05 bits per heavy atom. The summed E-state index contributed by atoms with van der Waals surface area (Å²) in [7, 11) is 0. The molecule has 0 aliphatic rings. The van der Waals surface area contributed by atoms with Crippen molar-refractivity contribution >= 4 is 16.8 Å². The molecule has 0 radical (unpaired) electrons. The zero-order valence-electron chi connectivity index (χ0n) is 11.4. The van der Waals surface area contributed by atoms with E-state index in [-0.39, 0.29) is 17.2 Å². The number of quaternary nitrogens is 1. The number of fused-ring (bicyclic) bond motifs is 1. The maximum Gasteiger partial charge on any atom is 0.346 e. The number of amides is 1. The highest BCUT2D eigenvalue weighted by Gasteiger charge is 2.17. The minimum atomic E-state index is -0.191. The predicted octanol–water partition coefficient (Wildman–Crippen LogP) is 1.84. The Hall–Kier alpha value is -2.72. The number of pyridine rings is 1. The molecule has 1 amide bonds. The molecule has 3 aromatic rings. The summed E-state index contributed by atoms with van der Waals surface area (Å²) in [4.78, 5) is 16.4. The third-order valence-electron chi connectivity index (χ3n) is 3.38. The minimum Gasteiger partial charge on any atom is -0.505 e. The second kappa shape index (κ2) is 5.73. The molecule has 0 saturated heterocycles. The number of aromatic hydroxyl groups is 1. The molecule has 0 saturated carbocycles. The van der Waals surface area contributed by atoms with Gasteiger partial charge >= 0.3 is 5.91 Å². The van der Waals surface area contributed by atoms with Gasteiger partial charge in [-0.2, -0.15) is 0 Å². The molecule has 1 aromatic heterocycles. The lowest BCUT2D eigenvalue weighted by Crippen LogP contribution is -2.86. The van der Waals surface area contributed by atoms with Crippen molar-refractivity contribution in [2.24, 2.45) is 0 Å². The van der Waals surface area contributed by atoms with Crippen LogP contribution in [0.5, 0.6) is 5.75 Å². The van der Waals surface area contributed by atoms with Gasteiger partial charge in [0.2, 0.25) is 0 Å². The van der Waals surface area contributed by atoms with Gasteiger partial charge in [-0.05, 0) is 12.1 Å². The smallest absolute Gasteiger partial charge is 0.346 e. The Balaban J connectivity index is 1.83. The molecule has 0 bridgehead atoms. The van der Waals surface area contributed by atoms with Crippen LogP contribution in [-0.4, -0.2) is 16.0 Å². The number of carbonyl (C=O) groups is 1. The fraction of sp³-hybridized carbons (Fsp3) is 0.0588. The van der Waals surface area contributed by atoms with Crippen LogP contribution < -0.4 is 5.32 Å². The number of nitrogens with zero attached hydrogens (tertiary/aromatic N) is 1. The van der Waals surface area contributed by atoms with Crippen molar-refractivity contribution in [3.63, 3.8) is 0 Å². The standard InChI is InChI=1S/C17H14N2O2/c20-16-14(9-8-13-7-4-10-18-15(13)16)17(21)19-11-12-5-2-1-3-6-12/h1-10,20H,11H2,(H,19,21)/p+1. The molecule has 1 heterocycles. The molecular weight excluding hydrogens is 264 g/mol. The third-order valence-corrected chi connectivity index (χ3v) is 3.38. The molecule has 0 unspecified atom stereocenters. The van der Waals surface area contributed by atoms with Crippen molar-refractivity contribution in [3.05, 3.63) is 71.9 Å². The van der Waals surface area contributed by atoms with E-state index in [0.29, 0.717) is 12.1 Å². The molecule has 4 heteroatoms. The zero-order valence-corrected chi connectivity index (χ0v) is 11.4. The molecule has 0 fully saturated rings. The lowest BCUT2D eigenvalue weighted by Gasteiger charge is -2.05. The fourth-order valence-corrected chi connectivity index (χ4v) is 2.26. The molecule has 3 rings (SSSR count). The first-order valence-electron chi connectivity index (χ1n) is 6.74. The van der Waals surface area contributed by atoms with Gasteiger partial charge in [-0.15, -0.1) is 0 Å². The average Bonchev–Trinajstić information content (AvgIpc) is 2.54. The van der Waals surface area contributed by atoms with Gasteiger partial charge in [-0.1, -0.05) is 42.5 Å². The van der Waals surface area contributed by atoms with Crippen LogP contribution in [-0.2, 0) is 6.54 Å². The van der Waals surface area contributed by atoms with E-state index >= 15 is 0 Å². The average molecular weight is 279 g/mol. The number of rotatable bonds is 3. The summed E-state index contributed by atoms with van der Waals surface area (Å²) in [5, 5.41) is 12.6. The van der Waals surface area contributed by atoms with Crippen molar-refractivity contribution in [2.75, 3.05) is 0 Å². The Bertz CT molecular complexity index is 785. The molecule has 3 N–H and O–H groups in total. The Morgan fingerprint density at radius 3 is 2.67 bits per heavy atom. The number of phenols is 1. The lowest BCUT2D eigenvalue weighted by molar-refractivity contribution is -0.571. The summed E-state index contributed by atoms with van der Waals surface area (Å²) in [5.41, 5.74) is 1.80. The van der Waals surface area contributed by atoms with Crippen LogP contribution in [0.1, 0.15) is 15.9 Å². The number of hydrogen-bond acceptors (Lipinski definition) is 3. The molecule has 0 aliphatic carbocycles. The first kappa shape index (κ1) is 13.3. The van der Waals surface area contributed by atoms with Gasteiger partial charge in [0.15, 0.2) is 5.75 Å². The van der Waals surface area contributed by atoms with Crippen LogP contribution in [0.3, 0.4) is 0 Å². The van der Waals surface area contributed by atoms with Crippen molar-refractivity contribution in [3.8, 4) is 5.75 Å². The first-order chi connectivity index (χ1) is 10.3. The SMILES string of the molecule is O=C([NH2+]Cc1ccccc1)c1ccc2cccnc2c1O. The van der Waals surface area contributed by atoms with Gasteiger partial charge in [0.1, 0.15) is 17.6 Å². The molecule has 21 heavy (non-hydrogen) atoms. The van der Waals surface area contributed by atoms with E-state index in [0.717, 1.165) is 10.9 Å². The highest BCUT2D eigenvalue weighted by molar-refractivity contribution is 5.98. The molecule has 0 spiro atoms. The van der Waals surface area contributed by atoms with E-state index in [4.69, 9.17) is 0 Å². The van der Waals surface area contributed by atoms with Crippen LogP contribution in [0, 0.1) is 0 Å². The minimum absolute atomic E-state index is 0.0533. The van der Waals surface area contributed by atoms with Crippen molar-refractivity contribution in [2.45, 2.75) is 6.54 Å². The van der Waals surface area contributed by atoms with E-state index in [9.17, 15) is 9.90 Å². The van der Waals surface area contributed by atoms with Crippen LogP contribution in [0.25, 0.3) is 10.9 Å². The topological polar surface area (TPSA) is 66.8 Å². The quantitative estimate of drug-likeness (QED) is 0.769.